The summed E-state index contributed by atoms with van der Waals surface area (Å²) < 4.78 is 0. The Bertz CT molecular complexity index is 345. The van der Waals surface area contributed by atoms with E-state index in [2.05, 4.69) is 18.7 Å². The van der Waals surface area contributed by atoms with Crippen molar-refractivity contribution < 1.29 is 0 Å². The first kappa shape index (κ1) is 15.8. The molecule has 1 aliphatic heterocycles. The predicted octanol–water partition coefficient (Wildman–Crippen LogP) is 4.33. The van der Waals surface area contributed by atoms with E-state index in [1.165, 1.54) is 83.7 Å². The van der Waals surface area contributed by atoms with Crippen LogP contribution in [-0.2, 0) is 0 Å². The molecule has 2 heteroatoms. The highest BCUT2D eigenvalue weighted by Gasteiger charge is 2.46. The van der Waals surface area contributed by atoms with Crippen molar-refractivity contribution in [3.8, 4) is 0 Å². The Morgan fingerprint density at radius 2 is 1.43 bits per heavy atom. The molecule has 3 rings (SSSR count). The van der Waals surface area contributed by atoms with E-state index in [0.717, 1.165) is 12.0 Å². The SMILES string of the molecule is CC1(C)CCCN(C2(CN)CCC3(CCCC3)CC2)CC1. The number of rotatable bonds is 2. The second-order valence-electron chi connectivity index (χ2n) is 9.14. The molecule has 2 aliphatic carbocycles. The lowest BCUT2D eigenvalue weighted by Crippen LogP contribution is -2.57. The van der Waals surface area contributed by atoms with Crippen molar-refractivity contribution in [3.63, 3.8) is 0 Å². The maximum Gasteiger partial charge on any atom is 0.0332 e. The Hall–Kier alpha value is -0.0800. The molecule has 0 bridgehead atoms. The molecule has 0 unspecified atom stereocenters. The normalized spacial score (nSPS) is 32.1. The molecule has 0 atom stereocenters. The van der Waals surface area contributed by atoms with E-state index < -0.39 is 0 Å². The standard InChI is InChI=1S/C19H36N2/c1-17(2)6-5-14-21(15-13-17)19(16-20)11-9-18(10-12-19)7-3-4-8-18/h3-16,20H2,1-2H3. The lowest BCUT2D eigenvalue weighted by molar-refractivity contribution is 0.0143. The third-order valence-electron chi connectivity index (χ3n) is 7.30. The summed E-state index contributed by atoms with van der Waals surface area (Å²) in [6, 6.07) is 0. The van der Waals surface area contributed by atoms with Crippen LogP contribution in [0.2, 0.25) is 0 Å². The zero-order chi connectivity index (χ0) is 15.0. The van der Waals surface area contributed by atoms with Gasteiger partial charge >= 0.3 is 0 Å². The van der Waals surface area contributed by atoms with E-state index in [4.69, 9.17) is 5.73 Å². The Kier molecular flexibility index (Phi) is 4.40. The van der Waals surface area contributed by atoms with Crippen LogP contribution in [0.15, 0.2) is 0 Å². The fourth-order valence-corrected chi connectivity index (χ4v) is 5.42. The molecule has 2 N–H and O–H groups in total. The van der Waals surface area contributed by atoms with E-state index in [1.807, 2.05) is 0 Å². The Labute approximate surface area is 131 Å². The van der Waals surface area contributed by atoms with Crippen molar-refractivity contribution in [3.05, 3.63) is 0 Å². The van der Waals surface area contributed by atoms with Gasteiger partial charge in [-0.3, -0.25) is 4.90 Å². The van der Waals surface area contributed by atoms with Crippen LogP contribution < -0.4 is 5.73 Å². The van der Waals surface area contributed by atoms with Crippen LogP contribution in [0, 0.1) is 10.8 Å². The fourth-order valence-electron chi connectivity index (χ4n) is 5.42. The third kappa shape index (κ3) is 3.17. The van der Waals surface area contributed by atoms with Gasteiger partial charge in [0, 0.05) is 12.1 Å². The van der Waals surface area contributed by atoms with E-state index >= 15 is 0 Å². The minimum absolute atomic E-state index is 0.342. The second kappa shape index (κ2) is 5.85. The second-order valence-corrected chi connectivity index (χ2v) is 9.14. The van der Waals surface area contributed by atoms with Crippen LogP contribution >= 0.6 is 0 Å². The highest BCUT2D eigenvalue weighted by molar-refractivity contribution is 5.02. The smallest absolute Gasteiger partial charge is 0.0332 e. The Morgan fingerprint density at radius 3 is 2.05 bits per heavy atom. The van der Waals surface area contributed by atoms with E-state index in [9.17, 15) is 0 Å². The number of hydrogen-bond donors (Lipinski definition) is 1. The lowest BCUT2D eigenvalue weighted by Gasteiger charge is -2.50. The maximum absolute atomic E-state index is 6.33. The van der Waals surface area contributed by atoms with Crippen molar-refractivity contribution in [1.82, 2.24) is 4.90 Å². The van der Waals surface area contributed by atoms with Crippen LogP contribution in [0.5, 0.6) is 0 Å². The molecular formula is C19H36N2. The molecule has 0 amide bonds. The molecule has 1 heterocycles. The van der Waals surface area contributed by atoms with Crippen molar-refractivity contribution in [2.24, 2.45) is 16.6 Å². The van der Waals surface area contributed by atoms with Crippen molar-refractivity contribution in [1.29, 1.82) is 0 Å². The quantitative estimate of drug-likeness (QED) is 0.821. The zero-order valence-corrected chi connectivity index (χ0v) is 14.4. The molecule has 3 fully saturated rings. The molecule has 3 aliphatic rings. The van der Waals surface area contributed by atoms with Gasteiger partial charge in [-0.15, -0.1) is 0 Å². The summed E-state index contributed by atoms with van der Waals surface area (Å²) in [5.41, 5.74) is 7.93. The van der Waals surface area contributed by atoms with Gasteiger partial charge in [0.25, 0.3) is 0 Å². The predicted molar refractivity (Wildman–Crippen MR) is 90.4 cm³/mol. The molecule has 0 aromatic heterocycles. The summed E-state index contributed by atoms with van der Waals surface area (Å²) in [5.74, 6) is 0. The molecule has 122 valence electrons. The van der Waals surface area contributed by atoms with Gasteiger partial charge in [0.15, 0.2) is 0 Å². The molecule has 0 aromatic carbocycles. The molecule has 21 heavy (non-hydrogen) atoms. The van der Waals surface area contributed by atoms with Gasteiger partial charge in [0.2, 0.25) is 0 Å². The van der Waals surface area contributed by atoms with Gasteiger partial charge in [-0.05, 0) is 81.7 Å². The average Bonchev–Trinajstić information content (AvgIpc) is 2.84. The van der Waals surface area contributed by atoms with E-state index in [-0.39, 0.29) is 0 Å². The molecule has 1 saturated heterocycles. The van der Waals surface area contributed by atoms with Crippen LogP contribution in [-0.4, -0.2) is 30.1 Å². The first-order valence-electron chi connectivity index (χ1n) is 9.45. The zero-order valence-electron chi connectivity index (χ0n) is 14.4. The topological polar surface area (TPSA) is 29.3 Å². The summed E-state index contributed by atoms with van der Waals surface area (Å²) in [6.07, 6.45) is 15.7. The van der Waals surface area contributed by atoms with Gasteiger partial charge in [-0.2, -0.15) is 0 Å². The van der Waals surface area contributed by atoms with Crippen molar-refractivity contribution in [2.75, 3.05) is 19.6 Å². The summed E-state index contributed by atoms with van der Waals surface area (Å²) in [5, 5.41) is 0. The minimum atomic E-state index is 0.342. The summed E-state index contributed by atoms with van der Waals surface area (Å²) in [4.78, 5) is 2.81. The lowest BCUT2D eigenvalue weighted by atomic mass is 9.65. The summed E-state index contributed by atoms with van der Waals surface area (Å²) in [6.45, 7) is 8.33. The Balaban J connectivity index is 1.67. The fraction of sp³-hybridized carbons (Fsp3) is 1.00. The maximum atomic E-state index is 6.33. The highest BCUT2D eigenvalue weighted by atomic mass is 15.2. The van der Waals surface area contributed by atoms with Gasteiger partial charge in [0.05, 0.1) is 0 Å². The van der Waals surface area contributed by atoms with Crippen LogP contribution in [0.3, 0.4) is 0 Å². The molecule has 0 aromatic rings. The highest BCUT2D eigenvalue weighted by Crippen LogP contribution is 2.52. The molecule has 2 nitrogen and oxygen atoms in total. The average molecular weight is 293 g/mol. The molecule has 0 radical (unpaired) electrons. The first-order chi connectivity index (χ1) is 9.99. The minimum Gasteiger partial charge on any atom is -0.329 e. The summed E-state index contributed by atoms with van der Waals surface area (Å²) in [7, 11) is 0. The van der Waals surface area contributed by atoms with Gasteiger partial charge in [0.1, 0.15) is 0 Å². The van der Waals surface area contributed by atoms with Gasteiger partial charge < -0.3 is 5.73 Å². The number of nitrogens with zero attached hydrogens (tertiary/aromatic N) is 1. The van der Waals surface area contributed by atoms with E-state index in [1.54, 1.807) is 0 Å². The third-order valence-corrected chi connectivity index (χ3v) is 7.30. The van der Waals surface area contributed by atoms with Crippen LogP contribution in [0.4, 0.5) is 0 Å². The molecule has 1 spiro atoms. The first-order valence-corrected chi connectivity index (χ1v) is 9.45. The summed E-state index contributed by atoms with van der Waals surface area (Å²) >= 11 is 0. The Morgan fingerprint density at radius 1 is 0.762 bits per heavy atom. The van der Waals surface area contributed by atoms with Gasteiger partial charge in [-0.25, -0.2) is 0 Å². The van der Waals surface area contributed by atoms with E-state index in [0.29, 0.717) is 11.0 Å². The van der Waals surface area contributed by atoms with Crippen molar-refractivity contribution in [2.45, 2.75) is 90.0 Å². The van der Waals surface area contributed by atoms with Gasteiger partial charge in [-0.1, -0.05) is 26.7 Å². The largest absolute Gasteiger partial charge is 0.329 e. The molecular weight excluding hydrogens is 256 g/mol. The molecule has 2 saturated carbocycles. The van der Waals surface area contributed by atoms with Crippen LogP contribution in [0.1, 0.15) is 84.5 Å². The van der Waals surface area contributed by atoms with Crippen molar-refractivity contribution >= 4 is 0 Å². The van der Waals surface area contributed by atoms with Crippen LogP contribution in [0.25, 0.3) is 0 Å². The number of nitrogens with two attached hydrogens (primary N) is 1. The number of likely N-dealkylation sites (tertiary alicyclic amines) is 1. The number of hydrogen-bond acceptors (Lipinski definition) is 2. The monoisotopic (exact) mass is 292 g/mol.